The molecular weight excluding hydrogens is 325 g/mol. The van der Waals surface area contributed by atoms with Crippen LogP contribution in [0.4, 0.5) is 4.39 Å². The van der Waals surface area contributed by atoms with E-state index in [4.69, 9.17) is 9.84 Å². The molecule has 0 radical (unpaired) electrons. The summed E-state index contributed by atoms with van der Waals surface area (Å²) in [5.41, 5.74) is 0.900. The van der Waals surface area contributed by atoms with E-state index in [1.54, 1.807) is 12.1 Å². The van der Waals surface area contributed by atoms with Crippen molar-refractivity contribution in [2.45, 2.75) is 6.10 Å². The Morgan fingerprint density at radius 2 is 1.80 bits per heavy atom. The van der Waals surface area contributed by atoms with E-state index < -0.39 is 0 Å². The Morgan fingerprint density at radius 3 is 2.48 bits per heavy atom. The number of ether oxygens (including phenoxy) is 1. The molecule has 1 aromatic carbocycles. The van der Waals surface area contributed by atoms with Gasteiger partial charge in [0.05, 0.1) is 26.3 Å². The second-order valence-corrected chi connectivity index (χ2v) is 6.59. The van der Waals surface area contributed by atoms with Crippen LogP contribution in [0, 0.1) is 5.82 Å². The molecule has 3 rings (SSSR count). The summed E-state index contributed by atoms with van der Waals surface area (Å²) in [7, 11) is 0. The number of aliphatic hydroxyl groups is 1. The van der Waals surface area contributed by atoms with Crippen LogP contribution in [0.15, 0.2) is 24.3 Å². The number of rotatable bonds is 5. The predicted octanol–water partition coefficient (Wildman–Crippen LogP) is 0.336. The highest BCUT2D eigenvalue weighted by Crippen LogP contribution is 2.22. The van der Waals surface area contributed by atoms with E-state index in [9.17, 15) is 9.18 Å². The molecule has 2 heterocycles. The summed E-state index contributed by atoms with van der Waals surface area (Å²) < 4.78 is 18.8. The Morgan fingerprint density at radius 1 is 1.12 bits per heavy atom. The molecule has 138 valence electrons. The number of hydrogen-bond acceptors (Lipinski definition) is 5. The molecule has 0 spiro atoms. The summed E-state index contributed by atoms with van der Waals surface area (Å²) >= 11 is 0. The molecule has 2 aliphatic heterocycles. The number of hydrogen-bond donors (Lipinski definition) is 1. The van der Waals surface area contributed by atoms with E-state index in [-0.39, 0.29) is 24.4 Å². The fourth-order valence-electron chi connectivity index (χ4n) is 3.36. The second-order valence-electron chi connectivity index (χ2n) is 6.59. The van der Waals surface area contributed by atoms with Gasteiger partial charge < -0.3 is 14.7 Å². The molecule has 6 nitrogen and oxygen atoms in total. The highest BCUT2D eigenvalue weighted by Gasteiger charge is 2.27. The first-order chi connectivity index (χ1) is 12.2. The Bertz CT molecular complexity index is 561. The fraction of sp³-hybridized carbons (Fsp3) is 0.611. The van der Waals surface area contributed by atoms with Crippen LogP contribution in [0.5, 0.6) is 0 Å². The van der Waals surface area contributed by atoms with Crippen molar-refractivity contribution < 1.29 is 19.0 Å². The summed E-state index contributed by atoms with van der Waals surface area (Å²) in [4.78, 5) is 18.8. The van der Waals surface area contributed by atoms with E-state index in [0.717, 1.165) is 31.7 Å². The van der Waals surface area contributed by atoms with Gasteiger partial charge in [-0.2, -0.15) is 0 Å². The third-order valence-corrected chi connectivity index (χ3v) is 4.90. The van der Waals surface area contributed by atoms with Crippen molar-refractivity contribution in [2.75, 3.05) is 65.6 Å². The van der Waals surface area contributed by atoms with Crippen molar-refractivity contribution in [3.8, 4) is 0 Å². The van der Waals surface area contributed by atoms with E-state index in [2.05, 4.69) is 9.80 Å². The molecule has 1 N–H and O–H groups in total. The van der Waals surface area contributed by atoms with Gasteiger partial charge in [0.1, 0.15) is 11.9 Å². The van der Waals surface area contributed by atoms with Crippen LogP contribution < -0.4 is 0 Å². The summed E-state index contributed by atoms with van der Waals surface area (Å²) in [6.07, 6.45) is -0.195. The SMILES string of the molecule is O=C(CN1CCN(CCO)CC1)N1CCOC(c2ccc(F)cc2)C1. The van der Waals surface area contributed by atoms with Gasteiger partial charge in [0, 0.05) is 39.3 Å². The van der Waals surface area contributed by atoms with Crippen LogP contribution in [0.1, 0.15) is 11.7 Å². The zero-order chi connectivity index (χ0) is 17.6. The maximum absolute atomic E-state index is 13.1. The molecule has 2 saturated heterocycles. The predicted molar refractivity (Wildman–Crippen MR) is 91.6 cm³/mol. The number of piperazine rings is 1. The smallest absolute Gasteiger partial charge is 0.236 e. The van der Waals surface area contributed by atoms with Gasteiger partial charge in [0.15, 0.2) is 0 Å². The number of benzene rings is 1. The highest BCUT2D eigenvalue weighted by molar-refractivity contribution is 5.78. The number of carbonyl (C=O) groups is 1. The zero-order valence-corrected chi connectivity index (χ0v) is 14.4. The number of nitrogens with zero attached hydrogens (tertiary/aromatic N) is 3. The standard InChI is InChI=1S/C18H26FN3O3/c19-16-3-1-15(2-4-16)17-13-22(10-12-25-17)18(24)14-21-7-5-20(6-8-21)9-11-23/h1-4,17,23H,5-14H2. The van der Waals surface area contributed by atoms with Crippen molar-refractivity contribution in [3.05, 3.63) is 35.6 Å². The van der Waals surface area contributed by atoms with Crippen LogP contribution in [0.25, 0.3) is 0 Å². The first-order valence-electron chi connectivity index (χ1n) is 8.86. The molecule has 0 aliphatic carbocycles. The summed E-state index contributed by atoms with van der Waals surface area (Å²) in [6, 6.07) is 6.28. The number of carbonyl (C=O) groups excluding carboxylic acids is 1. The van der Waals surface area contributed by atoms with Crippen LogP contribution in [-0.4, -0.2) is 91.3 Å². The number of morpholine rings is 1. The maximum Gasteiger partial charge on any atom is 0.236 e. The van der Waals surface area contributed by atoms with Gasteiger partial charge in [0.25, 0.3) is 0 Å². The minimum atomic E-state index is -0.271. The lowest BCUT2D eigenvalue weighted by Crippen LogP contribution is -2.52. The zero-order valence-electron chi connectivity index (χ0n) is 14.4. The Balaban J connectivity index is 1.49. The number of β-amino-alcohol motifs (C(OH)–C–C–N with tert-alkyl or cyclic N) is 1. The Labute approximate surface area is 147 Å². The highest BCUT2D eigenvalue weighted by atomic mass is 19.1. The lowest BCUT2D eigenvalue weighted by molar-refractivity contribution is -0.140. The molecule has 1 unspecified atom stereocenters. The monoisotopic (exact) mass is 351 g/mol. The van der Waals surface area contributed by atoms with E-state index in [1.807, 2.05) is 4.90 Å². The summed E-state index contributed by atoms with van der Waals surface area (Å²) in [6.45, 7) is 6.36. The topological polar surface area (TPSA) is 56.2 Å². The number of aliphatic hydroxyl groups excluding tert-OH is 1. The number of halogens is 1. The molecule has 0 bridgehead atoms. The number of amides is 1. The Kier molecular flexibility index (Phi) is 6.36. The molecule has 1 aromatic rings. The normalized spacial score (nSPS) is 23.0. The average Bonchev–Trinajstić information content (AvgIpc) is 2.64. The van der Waals surface area contributed by atoms with Crippen molar-refractivity contribution in [1.82, 2.24) is 14.7 Å². The van der Waals surface area contributed by atoms with Crippen molar-refractivity contribution >= 4 is 5.91 Å². The molecule has 0 aromatic heterocycles. The molecule has 7 heteroatoms. The lowest BCUT2D eigenvalue weighted by atomic mass is 10.1. The minimum absolute atomic E-state index is 0.117. The van der Waals surface area contributed by atoms with Gasteiger partial charge in [-0.25, -0.2) is 4.39 Å². The van der Waals surface area contributed by atoms with Crippen LogP contribution in [0.3, 0.4) is 0 Å². The summed E-state index contributed by atoms with van der Waals surface area (Å²) in [5.74, 6) is -0.154. The van der Waals surface area contributed by atoms with Gasteiger partial charge in [-0.15, -0.1) is 0 Å². The van der Waals surface area contributed by atoms with E-state index in [1.165, 1.54) is 12.1 Å². The quantitative estimate of drug-likeness (QED) is 0.829. The molecule has 1 amide bonds. The Hall–Kier alpha value is -1.54. The van der Waals surface area contributed by atoms with Crippen LogP contribution in [0.2, 0.25) is 0 Å². The van der Waals surface area contributed by atoms with Gasteiger partial charge in [0.2, 0.25) is 5.91 Å². The molecule has 25 heavy (non-hydrogen) atoms. The van der Waals surface area contributed by atoms with Crippen molar-refractivity contribution in [1.29, 1.82) is 0 Å². The largest absolute Gasteiger partial charge is 0.395 e. The molecular formula is C18H26FN3O3. The lowest BCUT2D eigenvalue weighted by Gasteiger charge is -2.37. The maximum atomic E-state index is 13.1. The van der Waals surface area contributed by atoms with Gasteiger partial charge in [-0.05, 0) is 17.7 Å². The molecule has 0 saturated carbocycles. The van der Waals surface area contributed by atoms with Gasteiger partial charge in [-0.1, -0.05) is 12.1 Å². The molecule has 2 aliphatic rings. The first kappa shape index (κ1) is 18.3. The fourth-order valence-corrected chi connectivity index (χ4v) is 3.36. The first-order valence-corrected chi connectivity index (χ1v) is 8.86. The van der Waals surface area contributed by atoms with Crippen molar-refractivity contribution in [3.63, 3.8) is 0 Å². The van der Waals surface area contributed by atoms with E-state index >= 15 is 0 Å². The average molecular weight is 351 g/mol. The van der Waals surface area contributed by atoms with Crippen LogP contribution >= 0.6 is 0 Å². The molecule has 1 atom stereocenters. The van der Waals surface area contributed by atoms with E-state index in [0.29, 0.717) is 32.8 Å². The van der Waals surface area contributed by atoms with Gasteiger partial charge in [-0.3, -0.25) is 14.6 Å². The molecule has 2 fully saturated rings. The summed E-state index contributed by atoms with van der Waals surface area (Å²) in [5, 5.41) is 8.99. The van der Waals surface area contributed by atoms with Crippen LogP contribution in [-0.2, 0) is 9.53 Å². The third-order valence-electron chi connectivity index (χ3n) is 4.90. The van der Waals surface area contributed by atoms with Crippen molar-refractivity contribution in [2.24, 2.45) is 0 Å². The van der Waals surface area contributed by atoms with Gasteiger partial charge >= 0.3 is 0 Å². The third kappa shape index (κ3) is 4.98. The second kappa shape index (κ2) is 8.71. The minimum Gasteiger partial charge on any atom is -0.395 e.